The van der Waals surface area contributed by atoms with E-state index < -0.39 is 5.91 Å². The van der Waals surface area contributed by atoms with Gasteiger partial charge in [0.1, 0.15) is 5.02 Å². The maximum atomic E-state index is 11.6. The maximum Gasteiger partial charge on any atom is 0.258 e. The molecular weight excluding hydrogens is 320 g/mol. The van der Waals surface area contributed by atoms with Gasteiger partial charge in [-0.05, 0) is 12.1 Å². The third kappa shape index (κ3) is 4.72. The highest BCUT2D eigenvalue weighted by atomic mass is 35.5. The number of nitrogens with zero attached hydrogens (tertiary/aromatic N) is 3. The van der Waals surface area contributed by atoms with Gasteiger partial charge in [0.15, 0.2) is 6.61 Å². The lowest BCUT2D eigenvalue weighted by Crippen LogP contribution is -2.38. The van der Waals surface area contributed by atoms with Crippen molar-refractivity contribution >= 4 is 23.4 Å². The Morgan fingerprint density at radius 3 is 2.65 bits per heavy atom. The van der Waals surface area contributed by atoms with Crippen LogP contribution in [0.2, 0.25) is 5.02 Å². The zero-order valence-electron chi connectivity index (χ0n) is 12.8. The van der Waals surface area contributed by atoms with Crippen LogP contribution < -0.4 is 10.1 Å². The number of likely N-dealkylation sites (N-methyl/N-ethyl adjacent to an activating group) is 1. The van der Waals surface area contributed by atoms with Gasteiger partial charge in [-0.2, -0.15) is 0 Å². The zero-order chi connectivity index (χ0) is 16.8. The molecule has 0 spiro atoms. The van der Waals surface area contributed by atoms with E-state index >= 15 is 0 Å². The highest BCUT2D eigenvalue weighted by Crippen LogP contribution is 2.23. The Labute approximate surface area is 138 Å². The van der Waals surface area contributed by atoms with E-state index in [4.69, 9.17) is 16.3 Å². The van der Waals surface area contributed by atoms with Crippen molar-refractivity contribution in [2.75, 3.05) is 27.2 Å². The number of para-hydroxylation sites is 1. The monoisotopic (exact) mass is 336 g/mol. The minimum Gasteiger partial charge on any atom is -0.465 e. The van der Waals surface area contributed by atoms with Crippen molar-refractivity contribution in [3.8, 4) is 11.6 Å². The molecule has 0 aliphatic rings. The minimum atomic E-state index is -0.425. The molecule has 0 bridgehead atoms. The molecule has 8 heteroatoms. The Morgan fingerprint density at radius 2 is 2.00 bits per heavy atom. The summed E-state index contributed by atoms with van der Waals surface area (Å²) >= 11 is 6.05. The lowest BCUT2D eigenvalue weighted by atomic mass is 10.3. The average molecular weight is 337 g/mol. The second-order valence-electron chi connectivity index (χ2n) is 4.92. The highest BCUT2D eigenvalue weighted by molar-refractivity contribution is 6.31. The fourth-order valence-electron chi connectivity index (χ4n) is 1.67. The molecule has 0 saturated heterocycles. The molecule has 1 heterocycles. The summed E-state index contributed by atoms with van der Waals surface area (Å²) in [6, 6.07) is 9.38. The smallest absolute Gasteiger partial charge is 0.258 e. The number of aromatic nitrogens is 2. The largest absolute Gasteiger partial charge is 0.465 e. The van der Waals surface area contributed by atoms with Crippen molar-refractivity contribution in [3.63, 3.8) is 0 Å². The molecule has 0 fully saturated rings. The lowest BCUT2D eigenvalue weighted by Gasteiger charge is -2.10. The predicted molar refractivity (Wildman–Crippen MR) is 85.8 cm³/mol. The molecule has 23 heavy (non-hydrogen) atoms. The number of nitrogens with one attached hydrogen (secondary N) is 1. The number of halogens is 1. The van der Waals surface area contributed by atoms with Crippen molar-refractivity contribution in [2.24, 2.45) is 0 Å². The summed E-state index contributed by atoms with van der Waals surface area (Å²) in [5.41, 5.74) is 0.824. The van der Waals surface area contributed by atoms with Gasteiger partial charge in [-0.15, -0.1) is 5.10 Å². The molecule has 0 atom stereocenters. The number of rotatable bonds is 6. The number of hydrogen-bond donors (Lipinski definition) is 1. The number of ether oxygens (including phenoxy) is 1. The van der Waals surface area contributed by atoms with E-state index in [0.29, 0.717) is 5.02 Å². The van der Waals surface area contributed by atoms with Crippen LogP contribution in [0, 0.1) is 0 Å². The third-order valence-electron chi connectivity index (χ3n) is 2.93. The van der Waals surface area contributed by atoms with Crippen LogP contribution >= 0.6 is 11.6 Å². The molecule has 2 rings (SSSR count). The molecule has 7 nitrogen and oxygen atoms in total. The average Bonchev–Trinajstić information content (AvgIpc) is 2.92. The molecule has 122 valence electrons. The first-order valence-corrected chi connectivity index (χ1v) is 7.25. The van der Waals surface area contributed by atoms with Crippen molar-refractivity contribution in [2.45, 2.75) is 0 Å². The SMILES string of the molecule is CN(C)C(=O)CNC(=O)COc1nn(-c2ccccc2)cc1Cl. The van der Waals surface area contributed by atoms with Crippen molar-refractivity contribution < 1.29 is 14.3 Å². The van der Waals surface area contributed by atoms with Gasteiger partial charge >= 0.3 is 0 Å². The highest BCUT2D eigenvalue weighted by Gasteiger charge is 2.12. The van der Waals surface area contributed by atoms with E-state index in [0.717, 1.165) is 5.69 Å². The van der Waals surface area contributed by atoms with Crippen molar-refractivity contribution in [3.05, 3.63) is 41.6 Å². The molecule has 2 amide bonds. The third-order valence-corrected chi connectivity index (χ3v) is 3.19. The van der Waals surface area contributed by atoms with Gasteiger partial charge in [-0.25, -0.2) is 4.68 Å². The van der Waals surface area contributed by atoms with Gasteiger partial charge in [0.2, 0.25) is 5.91 Å². The summed E-state index contributed by atoms with van der Waals surface area (Å²) in [5, 5.41) is 6.94. The van der Waals surface area contributed by atoms with E-state index in [1.807, 2.05) is 30.3 Å². The molecule has 1 aromatic heterocycles. The van der Waals surface area contributed by atoms with E-state index in [9.17, 15) is 9.59 Å². The first kappa shape index (κ1) is 16.8. The predicted octanol–water partition coefficient (Wildman–Crippen LogP) is 1.11. The second-order valence-corrected chi connectivity index (χ2v) is 5.32. The zero-order valence-corrected chi connectivity index (χ0v) is 13.6. The maximum absolute atomic E-state index is 11.6. The van der Waals surface area contributed by atoms with Crippen LogP contribution in [-0.4, -0.2) is 53.7 Å². The van der Waals surface area contributed by atoms with Crippen LogP contribution in [-0.2, 0) is 9.59 Å². The summed E-state index contributed by atoms with van der Waals surface area (Å²) < 4.78 is 6.85. The number of hydrogen-bond acceptors (Lipinski definition) is 4. The summed E-state index contributed by atoms with van der Waals surface area (Å²) in [7, 11) is 3.22. The Kier molecular flexibility index (Phi) is 5.59. The number of carbonyl (C=O) groups excluding carboxylic acids is 2. The quantitative estimate of drug-likeness (QED) is 0.857. The molecule has 2 aromatic rings. The fraction of sp³-hybridized carbons (Fsp3) is 0.267. The fourth-order valence-corrected chi connectivity index (χ4v) is 1.85. The molecular formula is C15H17ClN4O3. The lowest BCUT2D eigenvalue weighted by molar-refractivity contribution is -0.131. The molecule has 1 aromatic carbocycles. The van der Waals surface area contributed by atoms with Gasteiger partial charge in [0.25, 0.3) is 11.8 Å². The van der Waals surface area contributed by atoms with Crippen LogP contribution in [0.15, 0.2) is 36.5 Å². The van der Waals surface area contributed by atoms with E-state index in [1.165, 1.54) is 4.90 Å². The molecule has 0 radical (unpaired) electrons. The van der Waals surface area contributed by atoms with Gasteiger partial charge < -0.3 is 15.0 Å². The van der Waals surface area contributed by atoms with Crippen LogP contribution in [0.4, 0.5) is 0 Å². The van der Waals surface area contributed by atoms with E-state index in [1.54, 1.807) is 25.0 Å². The molecule has 0 unspecified atom stereocenters. The van der Waals surface area contributed by atoms with Crippen LogP contribution in [0.25, 0.3) is 5.69 Å². The molecule has 1 N–H and O–H groups in total. The van der Waals surface area contributed by atoms with Crippen LogP contribution in [0.3, 0.4) is 0 Å². The number of benzene rings is 1. The van der Waals surface area contributed by atoms with Crippen molar-refractivity contribution in [1.29, 1.82) is 0 Å². The Morgan fingerprint density at radius 1 is 1.30 bits per heavy atom. The number of carbonyl (C=O) groups is 2. The summed E-state index contributed by atoms with van der Waals surface area (Å²) in [6.45, 7) is -0.354. The Bertz CT molecular complexity index is 685. The standard InChI is InChI=1S/C15H17ClN4O3/c1-19(2)14(22)8-17-13(21)10-23-15-12(16)9-20(18-15)11-6-4-3-5-7-11/h3-7,9H,8,10H2,1-2H3,(H,17,21). The van der Waals surface area contributed by atoms with E-state index in [2.05, 4.69) is 10.4 Å². The van der Waals surface area contributed by atoms with Gasteiger partial charge in [-0.1, -0.05) is 29.8 Å². The molecule has 0 aliphatic carbocycles. The van der Waals surface area contributed by atoms with Crippen LogP contribution in [0.1, 0.15) is 0 Å². The van der Waals surface area contributed by atoms with Gasteiger partial charge in [0, 0.05) is 14.1 Å². The Hall–Kier alpha value is -2.54. The topological polar surface area (TPSA) is 76.5 Å². The number of amides is 2. The summed E-state index contributed by atoms with van der Waals surface area (Å²) in [6.07, 6.45) is 1.60. The first-order valence-electron chi connectivity index (χ1n) is 6.87. The van der Waals surface area contributed by atoms with Crippen molar-refractivity contribution in [1.82, 2.24) is 20.0 Å². The Balaban J connectivity index is 1.90. The molecule has 0 saturated carbocycles. The normalized spacial score (nSPS) is 10.2. The summed E-state index contributed by atoms with van der Waals surface area (Å²) in [4.78, 5) is 24.4. The van der Waals surface area contributed by atoms with Gasteiger partial charge in [-0.3, -0.25) is 9.59 Å². The second kappa shape index (κ2) is 7.64. The van der Waals surface area contributed by atoms with E-state index in [-0.39, 0.29) is 24.9 Å². The summed E-state index contributed by atoms with van der Waals surface area (Å²) in [5.74, 6) is -0.472. The van der Waals surface area contributed by atoms with Crippen LogP contribution in [0.5, 0.6) is 5.88 Å². The first-order chi connectivity index (χ1) is 11.0. The minimum absolute atomic E-state index is 0.0820. The van der Waals surface area contributed by atoms with Gasteiger partial charge in [0.05, 0.1) is 18.4 Å². The molecule has 0 aliphatic heterocycles.